The predicted molar refractivity (Wildman–Crippen MR) is 279 cm³/mol. The van der Waals surface area contributed by atoms with Crippen molar-refractivity contribution in [3.05, 3.63) is 36.5 Å². The predicted octanol–water partition coefficient (Wildman–Crippen LogP) is 19.4. The first-order valence-corrected chi connectivity index (χ1v) is 28.5. The average Bonchev–Trinajstić information content (AvgIpc) is 3.30. The van der Waals surface area contributed by atoms with Gasteiger partial charge in [-0.1, -0.05) is 250 Å². The van der Waals surface area contributed by atoms with Crippen molar-refractivity contribution in [1.82, 2.24) is 0 Å². The van der Waals surface area contributed by atoms with Crippen LogP contribution >= 0.6 is 0 Å². The Morgan fingerprint density at radius 1 is 0.344 bits per heavy atom. The van der Waals surface area contributed by atoms with Crippen LogP contribution in [0, 0.1) is 0 Å². The molecule has 0 rings (SSSR count). The Kier molecular flexibility index (Phi) is 53.8. The van der Waals surface area contributed by atoms with Crippen LogP contribution in [0.3, 0.4) is 0 Å². The highest BCUT2D eigenvalue weighted by Gasteiger charge is 2.17. The van der Waals surface area contributed by atoms with E-state index in [-0.39, 0.29) is 25.2 Å². The number of hydrogen-bond donors (Lipinski definition) is 0. The van der Waals surface area contributed by atoms with E-state index >= 15 is 0 Å². The molecule has 0 aromatic heterocycles. The summed E-state index contributed by atoms with van der Waals surface area (Å²) in [6, 6.07) is 0. The van der Waals surface area contributed by atoms with E-state index in [0.717, 1.165) is 44.9 Å². The summed E-state index contributed by atoms with van der Waals surface area (Å²) >= 11 is 0. The van der Waals surface area contributed by atoms with Crippen molar-refractivity contribution in [3.8, 4) is 0 Å². The Bertz CT molecular complexity index is 1020. The molecule has 0 N–H and O–H groups in total. The summed E-state index contributed by atoms with van der Waals surface area (Å²) in [6.07, 6.45) is 67.3. The number of ether oxygens (including phenoxy) is 3. The molecule has 1 atom stereocenters. The number of esters is 2. The van der Waals surface area contributed by atoms with Crippen molar-refractivity contribution in [2.75, 3.05) is 19.8 Å². The van der Waals surface area contributed by atoms with E-state index < -0.39 is 6.10 Å². The lowest BCUT2D eigenvalue weighted by Crippen LogP contribution is -2.30. The fraction of sp³-hybridized carbons (Fsp3) is 0.864. The molecule has 0 fully saturated rings. The second-order valence-electron chi connectivity index (χ2n) is 19.2. The van der Waals surface area contributed by atoms with Crippen LogP contribution in [0.5, 0.6) is 0 Å². The van der Waals surface area contributed by atoms with Crippen molar-refractivity contribution < 1.29 is 23.8 Å². The molecule has 0 bridgehead atoms. The molecule has 0 saturated heterocycles. The van der Waals surface area contributed by atoms with E-state index in [2.05, 4.69) is 57.2 Å². The third-order valence-corrected chi connectivity index (χ3v) is 12.6. The van der Waals surface area contributed by atoms with E-state index in [1.807, 2.05) is 0 Å². The Hall–Kier alpha value is -1.88. The first kappa shape index (κ1) is 62.1. The Morgan fingerprint density at radius 2 is 0.656 bits per heavy atom. The van der Waals surface area contributed by atoms with Crippen LogP contribution < -0.4 is 0 Å². The SMILES string of the molecule is CCCCC/C=C\C/C=C\CCCCCCCCCC(=O)O[C@H](COCCCCCCCCCCCCCCCCCC)COC(=O)CCCCCCCCC/C=C\CCCCCC. The average molecular weight is 900 g/mol. The first-order valence-electron chi connectivity index (χ1n) is 28.5. The third-order valence-electron chi connectivity index (χ3n) is 12.6. The molecule has 5 nitrogen and oxygen atoms in total. The Balaban J connectivity index is 4.25. The molecule has 0 aliphatic rings. The van der Waals surface area contributed by atoms with Crippen molar-refractivity contribution in [1.29, 1.82) is 0 Å². The minimum Gasteiger partial charge on any atom is -0.462 e. The summed E-state index contributed by atoms with van der Waals surface area (Å²) in [5.74, 6) is -0.394. The normalized spacial score (nSPS) is 12.4. The van der Waals surface area contributed by atoms with Crippen LogP contribution in [-0.4, -0.2) is 37.9 Å². The number of hydrogen-bond acceptors (Lipinski definition) is 5. The molecule has 0 saturated carbocycles. The molecular formula is C59H110O5. The van der Waals surface area contributed by atoms with Crippen LogP contribution in [0.2, 0.25) is 0 Å². The summed E-state index contributed by atoms with van der Waals surface area (Å²) < 4.78 is 17.5. The first-order chi connectivity index (χ1) is 31.6. The van der Waals surface area contributed by atoms with Crippen LogP contribution in [0.1, 0.15) is 303 Å². The molecule has 5 heteroatoms. The summed E-state index contributed by atoms with van der Waals surface area (Å²) in [7, 11) is 0. The molecule has 0 spiro atoms. The Labute approximate surface area is 400 Å². The molecule has 64 heavy (non-hydrogen) atoms. The third kappa shape index (κ3) is 52.7. The Morgan fingerprint density at radius 3 is 1.09 bits per heavy atom. The maximum absolute atomic E-state index is 12.8. The zero-order chi connectivity index (χ0) is 46.3. The number of rotatable bonds is 53. The van der Waals surface area contributed by atoms with E-state index in [0.29, 0.717) is 19.4 Å². The molecule has 0 aliphatic heterocycles. The lowest BCUT2D eigenvalue weighted by Gasteiger charge is -2.18. The quantitative estimate of drug-likeness (QED) is 0.0346. The maximum Gasteiger partial charge on any atom is 0.306 e. The zero-order valence-corrected chi connectivity index (χ0v) is 43.3. The van der Waals surface area contributed by atoms with Crippen LogP contribution in [0.4, 0.5) is 0 Å². The van der Waals surface area contributed by atoms with Crippen LogP contribution in [0.15, 0.2) is 36.5 Å². The molecule has 0 unspecified atom stereocenters. The highest BCUT2D eigenvalue weighted by Crippen LogP contribution is 2.16. The zero-order valence-electron chi connectivity index (χ0n) is 43.3. The molecule has 0 aliphatic carbocycles. The van der Waals surface area contributed by atoms with Gasteiger partial charge < -0.3 is 14.2 Å². The molecule has 0 aromatic carbocycles. The van der Waals surface area contributed by atoms with Gasteiger partial charge in [0.2, 0.25) is 0 Å². The molecule has 376 valence electrons. The van der Waals surface area contributed by atoms with Gasteiger partial charge in [0.15, 0.2) is 6.10 Å². The molecule has 0 aromatic rings. The standard InChI is InChI=1S/C59H110O5/c1-4-7-10-13-16-19-22-25-28-30-32-35-38-41-44-47-50-53-59(61)64-57(55-62-54-51-48-45-42-39-36-33-29-26-23-20-17-14-11-8-5-2)56-63-58(60)52-49-46-43-40-37-34-31-27-24-21-18-15-12-9-6-3/h16,19,21,24-25,28,57H,4-15,17-18,20,22-23,26-27,29-56H2,1-3H3/b19-16-,24-21-,28-25-/t57-/m1/s1. The van der Waals surface area contributed by atoms with E-state index in [1.54, 1.807) is 0 Å². The smallest absolute Gasteiger partial charge is 0.306 e. The number of unbranched alkanes of at least 4 members (excludes halogenated alkanes) is 36. The monoisotopic (exact) mass is 899 g/mol. The van der Waals surface area contributed by atoms with Crippen LogP contribution in [-0.2, 0) is 23.8 Å². The van der Waals surface area contributed by atoms with E-state index in [1.165, 1.54) is 225 Å². The number of carbonyl (C=O) groups is 2. The molecule has 0 radical (unpaired) electrons. The fourth-order valence-electron chi connectivity index (χ4n) is 8.36. The summed E-state index contributed by atoms with van der Waals surface area (Å²) in [6.45, 7) is 7.84. The lowest BCUT2D eigenvalue weighted by atomic mass is 10.0. The van der Waals surface area contributed by atoms with Crippen molar-refractivity contribution in [2.45, 2.75) is 309 Å². The van der Waals surface area contributed by atoms with Gasteiger partial charge in [-0.25, -0.2) is 0 Å². The van der Waals surface area contributed by atoms with Crippen molar-refractivity contribution >= 4 is 11.9 Å². The minimum absolute atomic E-state index is 0.0850. The van der Waals surface area contributed by atoms with Crippen molar-refractivity contribution in [2.24, 2.45) is 0 Å². The summed E-state index contributed by atoms with van der Waals surface area (Å²) in [5, 5.41) is 0. The second kappa shape index (κ2) is 55.4. The largest absolute Gasteiger partial charge is 0.462 e. The molecule has 0 amide bonds. The van der Waals surface area contributed by atoms with Gasteiger partial charge in [-0.2, -0.15) is 0 Å². The van der Waals surface area contributed by atoms with Gasteiger partial charge in [-0.3, -0.25) is 9.59 Å². The van der Waals surface area contributed by atoms with Gasteiger partial charge in [-0.05, 0) is 77.0 Å². The van der Waals surface area contributed by atoms with Gasteiger partial charge in [-0.15, -0.1) is 0 Å². The number of carbonyl (C=O) groups excluding carboxylic acids is 2. The van der Waals surface area contributed by atoms with Gasteiger partial charge in [0.25, 0.3) is 0 Å². The van der Waals surface area contributed by atoms with Crippen molar-refractivity contribution in [3.63, 3.8) is 0 Å². The topological polar surface area (TPSA) is 61.8 Å². The van der Waals surface area contributed by atoms with Crippen LogP contribution in [0.25, 0.3) is 0 Å². The maximum atomic E-state index is 12.8. The van der Waals surface area contributed by atoms with Gasteiger partial charge in [0.1, 0.15) is 6.61 Å². The minimum atomic E-state index is -0.538. The summed E-state index contributed by atoms with van der Waals surface area (Å²) in [5.41, 5.74) is 0. The van der Waals surface area contributed by atoms with Gasteiger partial charge >= 0.3 is 11.9 Å². The van der Waals surface area contributed by atoms with E-state index in [4.69, 9.17) is 14.2 Å². The fourth-order valence-corrected chi connectivity index (χ4v) is 8.36. The van der Waals surface area contributed by atoms with E-state index in [9.17, 15) is 9.59 Å². The highest BCUT2D eigenvalue weighted by atomic mass is 16.6. The van der Waals surface area contributed by atoms with Gasteiger partial charge in [0, 0.05) is 19.4 Å². The summed E-state index contributed by atoms with van der Waals surface area (Å²) in [4.78, 5) is 25.5. The second-order valence-corrected chi connectivity index (χ2v) is 19.2. The highest BCUT2D eigenvalue weighted by molar-refractivity contribution is 5.70. The van der Waals surface area contributed by atoms with Gasteiger partial charge in [0.05, 0.1) is 6.61 Å². The molecule has 0 heterocycles. The molecular weight excluding hydrogens is 789 g/mol. The number of allylic oxidation sites excluding steroid dienone is 6. The lowest BCUT2D eigenvalue weighted by molar-refractivity contribution is -0.163.